The van der Waals surface area contributed by atoms with E-state index in [4.69, 9.17) is 0 Å². The Morgan fingerprint density at radius 2 is 2.33 bits per heavy atom. The van der Waals surface area contributed by atoms with Gasteiger partial charge in [-0.3, -0.25) is 0 Å². The summed E-state index contributed by atoms with van der Waals surface area (Å²) in [5.41, 5.74) is 0. The van der Waals surface area contributed by atoms with Crippen molar-refractivity contribution in [2.24, 2.45) is 11.8 Å². The van der Waals surface area contributed by atoms with Crippen LogP contribution in [-0.2, 0) is 0 Å². The lowest BCUT2D eigenvalue weighted by atomic mass is 9.99. The molecule has 1 aliphatic rings. The molecule has 1 saturated heterocycles. The van der Waals surface area contributed by atoms with E-state index >= 15 is 0 Å². The molecule has 1 heterocycles. The zero-order valence-electron chi connectivity index (χ0n) is 8.22. The van der Waals surface area contributed by atoms with Crippen LogP contribution in [0.25, 0.3) is 0 Å². The van der Waals surface area contributed by atoms with Gasteiger partial charge in [0.1, 0.15) is 0 Å². The minimum absolute atomic E-state index is 0.801. The van der Waals surface area contributed by atoms with E-state index in [9.17, 15) is 0 Å². The summed E-state index contributed by atoms with van der Waals surface area (Å²) in [5.74, 6) is 1.72. The lowest BCUT2D eigenvalue weighted by Crippen LogP contribution is -2.37. The smallest absolute Gasteiger partial charge is 0.00692 e. The summed E-state index contributed by atoms with van der Waals surface area (Å²) in [4.78, 5) is 2.61. The minimum atomic E-state index is 0.801. The van der Waals surface area contributed by atoms with Crippen LogP contribution in [-0.4, -0.2) is 29.9 Å². The number of piperidine rings is 1. The SMILES string of the molecule is CC(CBr)CN1CCCC(C)C1. The number of likely N-dealkylation sites (tertiary alicyclic amines) is 1. The van der Waals surface area contributed by atoms with Crippen LogP contribution in [0.3, 0.4) is 0 Å². The van der Waals surface area contributed by atoms with Gasteiger partial charge in [-0.2, -0.15) is 0 Å². The Morgan fingerprint density at radius 3 is 2.92 bits per heavy atom. The Kier molecular flexibility index (Phi) is 4.59. The summed E-state index contributed by atoms with van der Waals surface area (Å²) in [6.07, 6.45) is 2.83. The largest absolute Gasteiger partial charge is 0.303 e. The van der Waals surface area contributed by atoms with Crippen LogP contribution in [0, 0.1) is 11.8 Å². The first-order valence-electron chi connectivity index (χ1n) is 5.00. The van der Waals surface area contributed by atoms with Gasteiger partial charge in [0.25, 0.3) is 0 Å². The maximum Gasteiger partial charge on any atom is 0.00692 e. The van der Waals surface area contributed by atoms with Crippen molar-refractivity contribution in [1.29, 1.82) is 0 Å². The van der Waals surface area contributed by atoms with Gasteiger partial charge in [-0.1, -0.05) is 29.8 Å². The van der Waals surface area contributed by atoms with Gasteiger partial charge in [0, 0.05) is 18.4 Å². The molecule has 1 fully saturated rings. The van der Waals surface area contributed by atoms with Crippen molar-refractivity contribution in [2.45, 2.75) is 26.7 Å². The highest BCUT2D eigenvalue weighted by atomic mass is 79.9. The first-order valence-corrected chi connectivity index (χ1v) is 6.13. The number of alkyl halides is 1. The molecule has 0 saturated carbocycles. The molecule has 2 unspecified atom stereocenters. The van der Waals surface area contributed by atoms with Crippen LogP contribution < -0.4 is 0 Å². The number of nitrogens with zero attached hydrogens (tertiary/aromatic N) is 1. The van der Waals surface area contributed by atoms with Crippen LogP contribution in [0.4, 0.5) is 0 Å². The van der Waals surface area contributed by atoms with Crippen molar-refractivity contribution in [3.05, 3.63) is 0 Å². The first-order chi connectivity index (χ1) is 5.72. The molecule has 0 aromatic carbocycles. The van der Waals surface area contributed by atoms with Gasteiger partial charge < -0.3 is 4.90 Å². The molecule has 72 valence electrons. The fourth-order valence-electron chi connectivity index (χ4n) is 1.94. The van der Waals surface area contributed by atoms with Crippen LogP contribution in [0.2, 0.25) is 0 Å². The highest BCUT2D eigenvalue weighted by molar-refractivity contribution is 9.09. The zero-order valence-corrected chi connectivity index (χ0v) is 9.81. The Bertz CT molecular complexity index is 127. The van der Waals surface area contributed by atoms with Gasteiger partial charge >= 0.3 is 0 Å². The first kappa shape index (κ1) is 10.5. The lowest BCUT2D eigenvalue weighted by molar-refractivity contribution is 0.168. The van der Waals surface area contributed by atoms with Crippen molar-refractivity contribution in [3.63, 3.8) is 0 Å². The second-order valence-electron chi connectivity index (χ2n) is 4.27. The summed E-state index contributed by atoms with van der Waals surface area (Å²) < 4.78 is 0. The van der Waals surface area contributed by atoms with Gasteiger partial charge in [0.2, 0.25) is 0 Å². The van der Waals surface area contributed by atoms with Crippen LogP contribution in [0.5, 0.6) is 0 Å². The van der Waals surface area contributed by atoms with Crippen LogP contribution >= 0.6 is 15.9 Å². The number of hydrogen-bond acceptors (Lipinski definition) is 1. The second kappa shape index (κ2) is 5.23. The van der Waals surface area contributed by atoms with Gasteiger partial charge in [-0.05, 0) is 31.2 Å². The Balaban J connectivity index is 2.22. The molecule has 0 spiro atoms. The molecule has 2 heteroatoms. The van der Waals surface area contributed by atoms with E-state index in [0.717, 1.165) is 17.2 Å². The molecule has 0 bridgehead atoms. The third-order valence-corrected chi connectivity index (χ3v) is 3.68. The van der Waals surface area contributed by atoms with Gasteiger partial charge in [0.15, 0.2) is 0 Å². The predicted molar refractivity (Wildman–Crippen MR) is 57.8 cm³/mol. The fourth-order valence-corrected chi connectivity index (χ4v) is 2.15. The number of hydrogen-bond donors (Lipinski definition) is 0. The third kappa shape index (κ3) is 3.44. The molecule has 0 aromatic rings. The van der Waals surface area contributed by atoms with Crippen molar-refractivity contribution in [1.82, 2.24) is 4.90 Å². The van der Waals surface area contributed by atoms with E-state index in [0.29, 0.717) is 0 Å². The van der Waals surface area contributed by atoms with E-state index < -0.39 is 0 Å². The van der Waals surface area contributed by atoms with E-state index in [1.54, 1.807) is 0 Å². The number of halogens is 1. The molecule has 1 nitrogen and oxygen atoms in total. The molecule has 0 aromatic heterocycles. The van der Waals surface area contributed by atoms with E-state index in [2.05, 4.69) is 34.7 Å². The zero-order chi connectivity index (χ0) is 8.97. The topological polar surface area (TPSA) is 3.24 Å². The molecular weight excluding hydrogens is 214 g/mol. The summed E-state index contributed by atoms with van der Waals surface area (Å²) in [5, 5.41) is 1.14. The normalized spacial score (nSPS) is 28.8. The second-order valence-corrected chi connectivity index (χ2v) is 4.91. The molecular formula is C10H20BrN. The molecule has 0 amide bonds. The van der Waals surface area contributed by atoms with Gasteiger partial charge in [-0.15, -0.1) is 0 Å². The monoisotopic (exact) mass is 233 g/mol. The standard InChI is InChI=1S/C10H20BrN/c1-9-4-3-5-12(7-9)8-10(2)6-11/h9-10H,3-8H2,1-2H3. The molecule has 12 heavy (non-hydrogen) atoms. The maximum absolute atomic E-state index is 3.53. The molecule has 2 atom stereocenters. The van der Waals surface area contributed by atoms with E-state index in [1.165, 1.54) is 32.5 Å². The van der Waals surface area contributed by atoms with Crippen LogP contribution in [0.15, 0.2) is 0 Å². The molecule has 1 aliphatic heterocycles. The quantitative estimate of drug-likeness (QED) is 0.679. The van der Waals surface area contributed by atoms with Crippen molar-refractivity contribution < 1.29 is 0 Å². The third-order valence-electron chi connectivity index (χ3n) is 2.57. The summed E-state index contributed by atoms with van der Waals surface area (Å²) in [6, 6.07) is 0. The van der Waals surface area contributed by atoms with E-state index in [1.807, 2.05) is 0 Å². The number of rotatable bonds is 3. The Labute approximate surface area is 84.6 Å². The molecule has 1 rings (SSSR count). The fraction of sp³-hybridized carbons (Fsp3) is 1.00. The predicted octanol–water partition coefficient (Wildman–Crippen LogP) is 2.75. The Morgan fingerprint density at radius 1 is 1.58 bits per heavy atom. The maximum atomic E-state index is 3.53. The molecule has 0 radical (unpaired) electrons. The highest BCUT2D eigenvalue weighted by Crippen LogP contribution is 2.16. The summed E-state index contributed by atoms with van der Waals surface area (Å²) >= 11 is 3.53. The van der Waals surface area contributed by atoms with Gasteiger partial charge in [-0.25, -0.2) is 0 Å². The van der Waals surface area contributed by atoms with Crippen molar-refractivity contribution in [3.8, 4) is 0 Å². The van der Waals surface area contributed by atoms with E-state index in [-0.39, 0.29) is 0 Å². The average molecular weight is 234 g/mol. The minimum Gasteiger partial charge on any atom is -0.303 e. The highest BCUT2D eigenvalue weighted by Gasteiger charge is 2.17. The summed E-state index contributed by atoms with van der Waals surface area (Å²) in [6.45, 7) is 8.59. The Hall–Kier alpha value is 0.440. The lowest BCUT2D eigenvalue weighted by Gasteiger charge is -2.32. The average Bonchev–Trinajstić information content (AvgIpc) is 2.04. The van der Waals surface area contributed by atoms with Gasteiger partial charge in [0.05, 0.1) is 0 Å². The molecule has 0 N–H and O–H groups in total. The summed E-state index contributed by atoms with van der Waals surface area (Å²) in [7, 11) is 0. The van der Waals surface area contributed by atoms with Crippen LogP contribution in [0.1, 0.15) is 26.7 Å². The van der Waals surface area contributed by atoms with Crippen molar-refractivity contribution in [2.75, 3.05) is 25.0 Å². The molecule has 0 aliphatic carbocycles. The van der Waals surface area contributed by atoms with Crippen molar-refractivity contribution >= 4 is 15.9 Å².